The summed E-state index contributed by atoms with van der Waals surface area (Å²) in [6.07, 6.45) is 2.79. The summed E-state index contributed by atoms with van der Waals surface area (Å²) in [5, 5.41) is 7.58. The molecule has 8 heteroatoms. The Hall–Kier alpha value is -1.63. The molecule has 1 heterocycles. The molecule has 0 N–H and O–H groups in total. The average Bonchev–Trinajstić information content (AvgIpc) is 2.49. The number of nitrogens with zero attached hydrogens (tertiary/aromatic N) is 3. The molecule has 22 heavy (non-hydrogen) atoms. The van der Waals surface area contributed by atoms with Crippen molar-refractivity contribution in [2.75, 3.05) is 17.7 Å². The zero-order valence-corrected chi connectivity index (χ0v) is 14.0. The Labute approximate surface area is 139 Å². The van der Waals surface area contributed by atoms with E-state index in [-0.39, 0.29) is 10.0 Å². The van der Waals surface area contributed by atoms with Gasteiger partial charge in [0.1, 0.15) is 4.90 Å². The highest BCUT2D eigenvalue weighted by atomic mass is 35.5. The highest BCUT2D eigenvalue weighted by Gasteiger charge is 2.18. The lowest BCUT2D eigenvalue weighted by molar-refractivity contribution is 0.601. The smallest absolute Gasteiger partial charge is 0.178 e. The van der Waals surface area contributed by atoms with Crippen LogP contribution in [-0.2, 0) is 9.84 Å². The zero-order chi connectivity index (χ0) is 16.2. The Kier molecular flexibility index (Phi) is 5.39. The van der Waals surface area contributed by atoms with Gasteiger partial charge in [-0.25, -0.2) is 8.42 Å². The largest absolute Gasteiger partial charge is 0.321 e. The maximum Gasteiger partial charge on any atom is 0.178 e. The van der Waals surface area contributed by atoms with Crippen molar-refractivity contribution in [2.45, 2.75) is 4.90 Å². The van der Waals surface area contributed by atoms with Crippen LogP contribution in [0.5, 0.6) is 0 Å². The highest BCUT2D eigenvalue weighted by Crippen LogP contribution is 2.27. The second-order valence-corrected chi connectivity index (χ2v) is 7.03. The van der Waals surface area contributed by atoms with Crippen LogP contribution in [0.2, 0.25) is 5.15 Å². The number of para-hydroxylation sites is 1. The molecule has 0 fully saturated rings. The van der Waals surface area contributed by atoms with Crippen molar-refractivity contribution in [3.05, 3.63) is 53.2 Å². The first-order valence-corrected chi connectivity index (χ1v) is 8.95. The molecule has 0 saturated carbocycles. The van der Waals surface area contributed by atoms with E-state index in [1.807, 2.05) is 30.3 Å². The van der Waals surface area contributed by atoms with Crippen LogP contribution in [0.1, 0.15) is 0 Å². The van der Waals surface area contributed by atoms with Crippen molar-refractivity contribution in [3.63, 3.8) is 0 Å². The van der Waals surface area contributed by atoms with Crippen LogP contribution in [-0.4, -0.2) is 31.4 Å². The fourth-order valence-corrected chi connectivity index (χ4v) is 3.09. The SMILES string of the molecule is CS(=O)(=O)c1cc(N(C/C=C/Cl)c2ccccc2)nnc1Cl. The van der Waals surface area contributed by atoms with Gasteiger partial charge in [-0.05, 0) is 12.1 Å². The molecule has 0 aliphatic carbocycles. The molecule has 5 nitrogen and oxygen atoms in total. The lowest BCUT2D eigenvalue weighted by Crippen LogP contribution is -2.19. The fraction of sp³-hybridized carbons (Fsp3) is 0.143. The molecule has 0 unspecified atom stereocenters. The molecule has 0 radical (unpaired) electrons. The predicted molar refractivity (Wildman–Crippen MR) is 88.6 cm³/mol. The van der Waals surface area contributed by atoms with E-state index in [2.05, 4.69) is 10.2 Å². The summed E-state index contributed by atoms with van der Waals surface area (Å²) in [7, 11) is -3.50. The molecule has 116 valence electrons. The van der Waals surface area contributed by atoms with Crippen LogP contribution in [0.15, 0.2) is 52.9 Å². The van der Waals surface area contributed by atoms with E-state index in [0.717, 1.165) is 11.9 Å². The molecule has 0 aliphatic rings. The minimum absolute atomic E-state index is 0.0602. The van der Waals surface area contributed by atoms with Crippen molar-refractivity contribution >= 4 is 44.5 Å². The molecule has 0 aliphatic heterocycles. The summed E-state index contributed by atoms with van der Waals surface area (Å²) in [5.74, 6) is 0.366. The molecule has 0 saturated heterocycles. The van der Waals surface area contributed by atoms with Crippen molar-refractivity contribution in [1.29, 1.82) is 0 Å². The first kappa shape index (κ1) is 16.7. The van der Waals surface area contributed by atoms with Crippen LogP contribution in [0, 0.1) is 0 Å². The molecular formula is C14H13Cl2N3O2S. The average molecular weight is 358 g/mol. The number of rotatable bonds is 5. The van der Waals surface area contributed by atoms with Gasteiger partial charge in [0.15, 0.2) is 20.8 Å². The Morgan fingerprint density at radius 3 is 2.50 bits per heavy atom. The van der Waals surface area contributed by atoms with E-state index in [1.165, 1.54) is 11.6 Å². The Balaban J connectivity index is 2.53. The van der Waals surface area contributed by atoms with Gasteiger partial charge in [-0.3, -0.25) is 0 Å². The Morgan fingerprint density at radius 1 is 1.23 bits per heavy atom. The van der Waals surface area contributed by atoms with E-state index in [9.17, 15) is 8.42 Å². The second kappa shape index (κ2) is 7.09. The third kappa shape index (κ3) is 3.97. The first-order valence-electron chi connectivity index (χ1n) is 6.24. The van der Waals surface area contributed by atoms with E-state index in [1.54, 1.807) is 11.0 Å². The van der Waals surface area contributed by atoms with Crippen molar-refractivity contribution in [3.8, 4) is 0 Å². The lowest BCUT2D eigenvalue weighted by atomic mass is 10.3. The van der Waals surface area contributed by atoms with Gasteiger partial charge in [0, 0.05) is 30.1 Å². The zero-order valence-electron chi connectivity index (χ0n) is 11.6. The van der Waals surface area contributed by atoms with Crippen LogP contribution in [0.3, 0.4) is 0 Å². The van der Waals surface area contributed by atoms with Gasteiger partial charge in [-0.1, -0.05) is 47.5 Å². The third-order valence-electron chi connectivity index (χ3n) is 2.82. The van der Waals surface area contributed by atoms with Gasteiger partial charge >= 0.3 is 0 Å². The van der Waals surface area contributed by atoms with E-state index in [0.29, 0.717) is 12.4 Å². The van der Waals surface area contributed by atoms with Crippen molar-refractivity contribution in [2.24, 2.45) is 0 Å². The number of hydrogen-bond donors (Lipinski definition) is 0. The van der Waals surface area contributed by atoms with Gasteiger partial charge in [-0.15, -0.1) is 10.2 Å². The normalized spacial score (nSPS) is 11.8. The summed E-state index contributed by atoms with van der Waals surface area (Å²) in [6.45, 7) is 0.410. The van der Waals surface area contributed by atoms with Crippen molar-refractivity contribution in [1.82, 2.24) is 10.2 Å². The molecule has 2 aromatic rings. The van der Waals surface area contributed by atoms with Gasteiger partial charge < -0.3 is 4.90 Å². The molecule has 1 aromatic heterocycles. The maximum atomic E-state index is 11.8. The summed E-state index contributed by atoms with van der Waals surface area (Å²) >= 11 is 11.4. The van der Waals surface area contributed by atoms with E-state index in [4.69, 9.17) is 23.2 Å². The van der Waals surface area contributed by atoms with Crippen LogP contribution < -0.4 is 4.90 Å². The first-order chi connectivity index (χ1) is 10.4. The summed E-state index contributed by atoms with van der Waals surface area (Å²) in [6, 6.07) is 10.8. The number of benzene rings is 1. The second-order valence-electron chi connectivity index (χ2n) is 4.44. The molecule has 0 bridgehead atoms. The fourth-order valence-electron chi connectivity index (χ4n) is 1.83. The monoisotopic (exact) mass is 357 g/mol. The minimum atomic E-state index is -3.50. The number of halogens is 2. The molecular weight excluding hydrogens is 345 g/mol. The van der Waals surface area contributed by atoms with E-state index >= 15 is 0 Å². The summed E-state index contributed by atoms with van der Waals surface area (Å²) in [5.41, 5.74) is 2.21. The van der Waals surface area contributed by atoms with Gasteiger partial charge in [0.25, 0.3) is 0 Å². The predicted octanol–water partition coefficient (Wildman–Crippen LogP) is 3.42. The van der Waals surface area contributed by atoms with Crippen molar-refractivity contribution < 1.29 is 8.42 Å². The minimum Gasteiger partial charge on any atom is -0.321 e. The molecule has 0 amide bonds. The molecule has 0 atom stereocenters. The summed E-state index contributed by atoms with van der Waals surface area (Å²) in [4.78, 5) is 1.71. The van der Waals surface area contributed by atoms with Crippen LogP contribution in [0.25, 0.3) is 0 Å². The number of hydrogen-bond acceptors (Lipinski definition) is 5. The quantitative estimate of drug-likeness (QED) is 0.820. The number of aromatic nitrogens is 2. The van der Waals surface area contributed by atoms with Gasteiger partial charge in [0.2, 0.25) is 0 Å². The molecule has 2 rings (SSSR count). The topological polar surface area (TPSA) is 63.2 Å². The highest BCUT2D eigenvalue weighted by molar-refractivity contribution is 7.90. The van der Waals surface area contributed by atoms with Gasteiger partial charge in [0.05, 0.1) is 0 Å². The molecule has 1 aromatic carbocycles. The standard InChI is InChI=1S/C14H13Cl2N3O2S/c1-22(20,21)12-10-13(17-18-14(12)16)19(9-5-8-15)11-6-3-2-4-7-11/h2-8,10H,9H2,1H3/b8-5+. The van der Waals surface area contributed by atoms with E-state index < -0.39 is 9.84 Å². The Morgan fingerprint density at radius 2 is 1.91 bits per heavy atom. The van der Waals surface area contributed by atoms with Crippen LogP contribution >= 0.6 is 23.2 Å². The van der Waals surface area contributed by atoms with Gasteiger partial charge in [-0.2, -0.15) is 0 Å². The third-order valence-corrected chi connectivity index (χ3v) is 4.50. The van der Waals surface area contributed by atoms with Crippen LogP contribution in [0.4, 0.5) is 11.5 Å². The maximum absolute atomic E-state index is 11.8. The Bertz CT molecular complexity index is 780. The number of sulfone groups is 1. The summed E-state index contributed by atoms with van der Waals surface area (Å²) < 4.78 is 23.5. The lowest BCUT2D eigenvalue weighted by Gasteiger charge is -2.22. The molecule has 0 spiro atoms. The number of anilines is 2.